The van der Waals surface area contributed by atoms with Crippen molar-refractivity contribution >= 4 is 11.8 Å². The van der Waals surface area contributed by atoms with Crippen LogP contribution >= 0.6 is 0 Å². The Kier molecular flexibility index (Phi) is 7.72. The van der Waals surface area contributed by atoms with Crippen molar-refractivity contribution < 1.29 is 9.59 Å². The Morgan fingerprint density at radius 3 is 2.48 bits per heavy atom. The number of hydrogen-bond acceptors (Lipinski definition) is 3. The number of hydrogen-bond donors (Lipinski definition) is 2. The topological polar surface area (TPSA) is 75.4 Å². The molecule has 21 heavy (non-hydrogen) atoms. The molecule has 0 aromatic carbocycles. The molecule has 0 aromatic heterocycles. The predicted octanol–water partition coefficient (Wildman–Crippen LogP) is 1.37. The number of primary amides is 1. The van der Waals surface area contributed by atoms with Crippen LogP contribution in [-0.4, -0.2) is 42.9 Å². The number of nitrogens with two attached hydrogens (primary N) is 1. The molecule has 1 saturated heterocycles. The van der Waals surface area contributed by atoms with Crippen molar-refractivity contribution in [3.05, 3.63) is 0 Å². The summed E-state index contributed by atoms with van der Waals surface area (Å²) in [6.07, 6.45) is 3.21. The van der Waals surface area contributed by atoms with Crippen molar-refractivity contribution in [2.45, 2.75) is 46.5 Å². The summed E-state index contributed by atoms with van der Waals surface area (Å²) < 4.78 is 0. The maximum atomic E-state index is 11.6. The summed E-state index contributed by atoms with van der Waals surface area (Å²) in [4.78, 5) is 25.0. The number of rotatable bonds is 8. The first-order valence-corrected chi connectivity index (χ1v) is 8.16. The van der Waals surface area contributed by atoms with Gasteiger partial charge in [0, 0.05) is 32.0 Å². The van der Waals surface area contributed by atoms with Crippen LogP contribution in [0.4, 0.5) is 0 Å². The Morgan fingerprint density at radius 1 is 1.29 bits per heavy atom. The Balaban J connectivity index is 2.08. The van der Waals surface area contributed by atoms with Gasteiger partial charge in [-0.15, -0.1) is 0 Å². The Hall–Kier alpha value is -1.10. The third kappa shape index (κ3) is 7.46. The second-order valence-electron chi connectivity index (χ2n) is 6.75. The molecule has 1 aliphatic heterocycles. The average molecular weight is 297 g/mol. The first kappa shape index (κ1) is 18.0. The fraction of sp³-hybridized carbons (Fsp3) is 0.875. The second-order valence-corrected chi connectivity index (χ2v) is 6.75. The van der Waals surface area contributed by atoms with Gasteiger partial charge < -0.3 is 16.0 Å². The molecule has 0 aliphatic carbocycles. The molecule has 2 unspecified atom stereocenters. The Morgan fingerprint density at radius 2 is 1.90 bits per heavy atom. The van der Waals surface area contributed by atoms with Crippen molar-refractivity contribution in [2.75, 3.05) is 26.2 Å². The lowest BCUT2D eigenvalue weighted by molar-refractivity contribution is -0.123. The smallest absolute Gasteiger partial charge is 0.220 e. The molecule has 0 radical (unpaired) electrons. The zero-order valence-corrected chi connectivity index (χ0v) is 13.7. The molecule has 3 N–H and O–H groups in total. The number of nitrogens with one attached hydrogen (secondary N) is 1. The van der Waals surface area contributed by atoms with Gasteiger partial charge >= 0.3 is 0 Å². The van der Waals surface area contributed by atoms with Crippen LogP contribution in [0.2, 0.25) is 0 Å². The number of nitrogens with zero attached hydrogens (tertiary/aromatic N) is 1. The highest BCUT2D eigenvalue weighted by molar-refractivity contribution is 5.79. The minimum Gasteiger partial charge on any atom is -0.369 e. The van der Waals surface area contributed by atoms with E-state index in [9.17, 15) is 9.59 Å². The van der Waals surface area contributed by atoms with Crippen LogP contribution in [0.5, 0.6) is 0 Å². The number of likely N-dealkylation sites (tertiary alicyclic amines) is 1. The molecule has 5 nitrogen and oxygen atoms in total. The van der Waals surface area contributed by atoms with Gasteiger partial charge in [-0.1, -0.05) is 20.8 Å². The van der Waals surface area contributed by atoms with Crippen LogP contribution in [0.15, 0.2) is 0 Å². The molecule has 1 aliphatic rings. The van der Waals surface area contributed by atoms with Crippen LogP contribution in [-0.2, 0) is 9.59 Å². The molecular weight excluding hydrogens is 266 g/mol. The van der Waals surface area contributed by atoms with Gasteiger partial charge in [0.15, 0.2) is 0 Å². The van der Waals surface area contributed by atoms with E-state index in [4.69, 9.17) is 5.73 Å². The van der Waals surface area contributed by atoms with E-state index in [-0.39, 0.29) is 17.7 Å². The van der Waals surface area contributed by atoms with Gasteiger partial charge in [0.05, 0.1) is 0 Å². The van der Waals surface area contributed by atoms with Gasteiger partial charge in [-0.2, -0.15) is 0 Å². The number of carbonyl (C=O) groups excluding carboxylic acids is 2. The number of carbonyl (C=O) groups is 2. The highest BCUT2D eigenvalue weighted by Crippen LogP contribution is 2.20. The molecule has 0 bridgehead atoms. The molecule has 2 amide bonds. The summed E-state index contributed by atoms with van der Waals surface area (Å²) in [5.74, 6) is 1.00. The molecule has 0 saturated carbocycles. The molecule has 1 heterocycles. The molecular formula is C16H31N3O2. The molecule has 0 aromatic rings. The van der Waals surface area contributed by atoms with E-state index in [0.717, 1.165) is 24.8 Å². The first-order valence-electron chi connectivity index (χ1n) is 8.16. The van der Waals surface area contributed by atoms with E-state index in [1.54, 1.807) is 6.92 Å². The standard InChI is InChI=1S/C16H31N3O2/c1-12-9-13(2)11-19(10-12)8-4-7-18-15(20)6-5-14(3)16(17)21/h12-14H,4-11H2,1-3H3,(H2,17,21)(H,18,20)/t12-,13?,14?/m0/s1. The number of amides is 2. The molecule has 122 valence electrons. The molecule has 5 heteroatoms. The van der Waals surface area contributed by atoms with Crippen molar-refractivity contribution in [1.29, 1.82) is 0 Å². The van der Waals surface area contributed by atoms with E-state index in [2.05, 4.69) is 24.1 Å². The fourth-order valence-electron chi connectivity index (χ4n) is 3.08. The van der Waals surface area contributed by atoms with Crippen LogP contribution in [0.25, 0.3) is 0 Å². The lowest BCUT2D eigenvalue weighted by Gasteiger charge is -2.34. The molecule has 1 fully saturated rings. The summed E-state index contributed by atoms with van der Waals surface area (Å²) in [5, 5.41) is 2.92. The van der Waals surface area contributed by atoms with Gasteiger partial charge in [0.1, 0.15) is 0 Å². The zero-order chi connectivity index (χ0) is 15.8. The van der Waals surface area contributed by atoms with Gasteiger partial charge in [-0.3, -0.25) is 9.59 Å². The highest BCUT2D eigenvalue weighted by Gasteiger charge is 2.21. The Labute approximate surface area is 128 Å². The van der Waals surface area contributed by atoms with Gasteiger partial charge in [0.25, 0.3) is 0 Å². The van der Waals surface area contributed by atoms with E-state index in [1.807, 2.05) is 0 Å². The van der Waals surface area contributed by atoms with Crippen LogP contribution in [0, 0.1) is 17.8 Å². The first-order chi connectivity index (χ1) is 9.88. The Bertz CT molecular complexity index is 336. The maximum absolute atomic E-state index is 11.6. The van der Waals surface area contributed by atoms with E-state index < -0.39 is 0 Å². The highest BCUT2D eigenvalue weighted by atomic mass is 16.2. The number of piperidine rings is 1. The molecule has 1 rings (SSSR count). The quantitative estimate of drug-likeness (QED) is 0.664. The largest absolute Gasteiger partial charge is 0.369 e. The molecule has 0 spiro atoms. The summed E-state index contributed by atoms with van der Waals surface area (Å²) in [5.41, 5.74) is 5.17. The van der Waals surface area contributed by atoms with E-state index in [1.165, 1.54) is 19.5 Å². The van der Waals surface area contributed by atoms with Gasteiger partial charge in [-0.25, -0.2) is 0 Å². The summed E-state index contributed by atoms with van der Waals surface area (Å²) in [6.45, 7) is 10.5. The van der Waals surface area contributed by atoms with Crippen LogP contribution in [0.3, 0.4) is 0 Å². The summed E-state index contributed by atoms with van der Waals surface area (Å²) >= 11 is 0. The summed E-state index contributed by atoms with van der Waals surface area (Å²) in [7, 11) is 0. The third-order valence-corrected chi connectivity index (χ3v) is 4.21. The van der Waals surface area contributed by atoms with E-state index >= 15 is 0 Å². The maximum Gasteiger partial charge on any atom is 0.220 e. The lowest BCUT2D eigenvalue weighted by Crippen LogP contribution is -2.40. The van der Waals surface area contributed by atoms with E-state index in [0.29, 0.717) is 19.4 Å². The average Bonchev–Trinajstić information content (AvgIpc) is 2.39. The minimum atomic E-state index is -0.337. The summed E-state index contributed by atoms with van der Waals surface area (Å²) in [6, 6.07) is 0. The SMILES string of the molecule is CC1C[C@H](C)CN(CCCNC(=O)CCC(C)C(N)=O)C1. The van der Waals surface area contributed by atoms with Crippen molar-refractivity contribution in [1.82, 2.24) is 10.2 Å². The second kappa shape index (κ2) is 9.03. The van der Waals surface area contributed by atoms with Gasteiger partial charge in [0.2, 0.25) is 11.8 Å². The molecule has 3 atom stereocenters. The van der Waals surface area contributed by atoms with Crippen LogP contribution in [0.1, 0.15) is 46.5 Å². The lowest BCUT2D eigenvalue weighted by atomic mass is 9.92. The monoisotopic (exact) mass is 297 g/mol. The van der Waals surface area contributed by atoms with Crippen molar-refractivity contribution in [2.24, 2.45) is 23.5 Å². The van der Waals surface area contributed by atoms with Crippen LogP contribution < -0.4 is 11.1 Å². The van der Waals surface area contributed by atoms with Crippen molar-refractivity contribution in [3.8, 4) is 0 Å². The third-order valence-electron chi connectivity index (χ3n) is 4.21. The van der Waals surface area contributed by atoms with Gasteiger partial charge in [-0.05, 0) is 37.6 Å². The van der Waals surface area contributed by atoms with Crippen molar-refractivity contribution in [3.63, 3.8) is 0 Å². The minimum absolute atomic E-state index is 0.0171. The predicted molar refractivity (Wildman–Crippen MR) is 84.6 cm³/mol. The fourth-order valence-corrected chi connectivity index (χ4v) is 3.08. The normalized spacial score (nSPS) is 24.5. The zero-order valence-electron chi connectivity index (χ0n) is 13.7.